The Kier molecular flexibility index (Phi) is 5.17. The Hall–Kier alpha value is -0.930. The summed E-state index contributed by atoms with van der Waals surface area (Å²) in [5.74, 6) is 0. The van der Waals surface area contributed by atoms with E-state index >= 15 is 0 Å². The van der Waals surface area contributed by atoms with Crippen molar-refractivity contribution in [1.29, 1.82) is 0 Å². The van der Waals surface area contributed by atoms with Crippen molar-refractivity contribution in [3.05, 3.63) is 62.6 Å². The number of aliphatic hydroxyl groups excluding tert-OH is 1. The quantitative estimate of drug-likeness (QED) is 0.744. The summed E-state index contributed by atoms with van der Waals surface area (Å²) in [5.41, 5.74) is 2.40. The van der Waals surface area contributed by atoms with Crippen molar-refractivity contribution in [1.82, 2.24) is 0 Å². The van der Waals surface area contributed by atoms with Crippen molar-refractivity contribution >= 4 is 40.5 Å². The number of para-hydroxylation sites is 1. The third kappa shape index (κ3) is 3.39. The first-order valence-corrected chi connectivity index (χ1v) is 7.27. The van der Waals surface area contributed by atoms with Crippen LogP contribution in [0.2, 0.25) is 15.1 Å². The molecular weight excluding hydrogens is 317 g/mol. The van der Waals surface area contributed by atoms with Crippen LogP contribution < -0.4 is 5.32 Å². The van der Waals surface area contributed by atoms with E-state index in [4.69, 9.17) is 34.8 Å². The van der Waals surface area contributed by atoms with Crippen molar-refractivity contribution in [3.8, 4) is 0 Å². The predicted molar refractivity (Wildman–Crippen MR) is 85.9 cm³/mol. The molecule has 0 saturated carbocycles. The van der Waals surface area contributed by atoms with E-state index < -0.39 is 6.10 Å². The second kappa shape index (κ2) is 6.68. The second-order valence-electron chi connectivity index (χ2n) is 4.44. The number of hydrogen-bond donors (Lipinski definition) is 2. The van der Waals surface area contributed by atoms with Crippen LogP contribution in [0.15, 0.2) is 36.4 Å². The molecule has 106 valence electrons. The highest BCUT2D eigenvalue weighted by Gasteiger charge is 2.11. The van der Waals surface area contributed by atoms with Gasteiger partial charge in [-0.05, 0) is 25.1 Å². The molecule has 0 saturated heterocycles. The van der Waals surface area contributed by atoms with E-state index in [1.807, 2.05) is 24.3 Å². The fourth-order valence-corrected chi connectivity index (χ4v) is 2.62. The van der Waals surface area contributed by atoms with E-state index in [1.165, 1.54) is 0 Å². The van der Waals surface area contributed by atoms with Crippen LogP contribution in [0.1, 0.15) is 24.2 Å². The van der Waals surface area contributed by atoms with Crippen LogP contribution >= 0.6 is 34.8 Å². The Bertz CT molecular complexity index is 614. The summed E-state index contributed by atoms with van der Waals surface area (Å²) in [7, 11) is 0. The van der Waals surface area contributed by atoms with Crippen molar-refractivity contribution in [2.24, 2.45) is 0 Å². The van der Waals surface area contributed by atoms with Gasteiger partial charge in [-0.25, -0.2) is 0 Å². The lowest BCUT2D eigenvalue weighted by molar-refractivity contribution is 0.200. The Morgan fingerprint density at radius 1 is 1.05 bits per heavy atom. The van der Waals surface area contributed by atoms with Gasteiger partial charge in [-0.15, -0.1) is 0 Å². The fraction of sp³-hybridized carbons (Fsp3) is 0.200. The molecule has 2 rings (SSSR count). The Balaban J connectivity index is 2.24. The molecule has 20 heavy (non-hydrogen) atoms. The van der Waals surface area contributed by atoms with Crippen molar-refractivity contribution in [3.63, 3.8) is 0 Å². The monoisotopic (exact) mass is 329 g/mol. The summed E-state index contributed by atoms with van der Waals surface area (Å²) in [6.45, 7) is 2.15. The van der Waals surface area contributed by atoms with E-state index in [1.54, 1.807) is 19.1 Å². The molecule has 0 fully saturated rings. The molecule has 2 aromatic carbocycles. The zero-order valence-corrected chi connectivity index (χ0v) is 13.1. The lowest BCUT2D eigenvalue weighted by atomic mass is 10.1. The van der Waals surface area contributed by atoms with Crippen LogP contribution in [0.25, 0.3) is 0 Å². The molecule has 2 N–H and O–H groups in total. The molecule has 1 unspecified atom stereocenters. The topological polar surface area (TPSA) is 32.3 Å². The van der Waals surface area contributed by atoms with Gasteiger partial charge >= 0.3 is 0 Å². The maximum atomic E-state index is 9.74. The number of anilines is 1. The lowest BCUT2D eigenvalue weighted by Crippen LogP contribution is -2.05. The summed E-state index contributed by atoms with van der Waals surface area (Å²) in [5, 5.41) is 14.4. The normalized spacial score (nSPS) is 12.2. The van der Waals surface area contributed by atoms with E-state index in [2.05, 4.69) is 5.32 Å². The minimum absolute atomic E-state index is 0.433. The predicted octanol–water partition coefficient (Wildman–Crippen LogP) is 5.31. The average molecular weight is 331 g/mol. The maximum absolute atomic E-state index is 9.74. The summed E-state index contributed by atoms with van der Waals surface area (Å²) in [6.07, 6.45) is -0.552. The lowest BCUT2D eigenvalue weighted by Gasteiger charge is -2.15. The molecule has 0 aromatic heterocycles. The van der Waals surface area contributed by atoms with Crippen molar-refractivity contribution < 1.29 is 5.11 Å². The summed E-state index contributed by atoms with van der Waals surface area (Å²) in [6, 6.07) is 10.9. The number of hydrogen-bond acceptors (Lipinski definition) is 2. The van der Waals surface area contributed by atoms with Crippen LogP contribution in [0, 0.1) is 0 Å². The summed E-state index contributed by atoms with van der Waals surface area (Å²) in [4.78, 5) is 0. The highest BCUT2D eigenvalue weighted by molar-refractivity contribution is 6.44. The van der Waals surface area contributed by atoms with Gasteiger partial charge in [-0.2, -0.15) is 0 Å². The summed E-state index contributed by atoms with van der Waals surface area (Å²) >= 11 is 18.3. The van der Waals surface area contributed by atoms with E-state index in [0.717, 1.165) is 16.8 Å². The molecule has 0 heterocycles. The number of halogens is 3. The van der Waals surface area contributed by atoms with Crippen molar-refractivity contribution in [2.45, 2.75) is 19.6 Å². The Labute approximate surface area is 133 Å². The maximum Gasteiger partial charge on any atom is 0.0781 e. The molecule has 0 aliphatic carbocycles. The molecule has 0 spiro atoms. The largest absolute Gasteiger partial charge is 0.389 e. The third-order valence-corrected chi connectivity index (χ3v) is 4.20. The fourth-order valence-electron chi connectivity index (χ4n) is 1.94. The van der Waals surface area contributed by atoms with Gasteiger partial charge in [0.05, 0.1) is 16.1 Å². The standard InChI is InChI=1S/C15H14Cl3NO/c1-9(20)10-4-2-3-5-14(10)19-8-11-12(16)6-7-13(17)15(11)18/h2-7,9,19-20H,8H2,1H3. The number of aliphatic hydroxyl groups is 1. The molecule has 0 aliphatic rings. The van der Waals surface area contributed by atoms with E-state index in [0.29, 0.717) is 21.6 Å². The molecule has 2 nitrogen and oxygen atoms in total. The first-order valence-electron chi connectivity index (χ1n) is 6.14. The smallest absolute Gasteiger partial charge is 0.0781 e. The highest BCUT2D eigenvalue weighted by atomic mass is 35.5. The molecule has 1 atom stereocenters. The summed E-state index contributed by atoms with van der Waals surface area (Å²) < 4.78 is 0. The van der Waals surface area contributed by atoms with Crippen molar-refractivity contribution in [2.75, 3.05) is 5.32 Å². The van der Waals surface area contributed by atoms with Gasteiger partial charge in [0.2, 0.25) is 0 Å². The molecule has 0 radical (unpaired) electrons. The molecule has 0 amide bonds. The van der Waals surface area contributed by atoms with Crippen LogP contribution in [-0.4, -0.2) is 5.11 Å². The number of benzene rings is 2. The first-order chi connectivity index (χ1) is 9.50. The first kappa shape index (κ1) is 15.5. The second-order valence-corrected chi connectivity index (χ2v) is 5.63. The number of nitrogens with one attached hydrogen (secondary N) is 1. The van der Waals surface area contributed by atoms with Gasteiger partial charge in [0.25, 0.3) is 0 Å². The van der Waals surface area contributed by atoms with Gasteiger partial charge in [0.15, 0.2) is 0 Å². The van der Waals surface area contributed by atoms with Gasteiger partial charge in [-0.3, -0.25) is 0 Å². The molecule has 2 aromatic rings. The molecular formula is C15H14Cl3NO. The minimum Gasteiger partial charge on any atom is -0.389 e. The zero-order chi connectivity index (χ0) is 14.7. The highest BCUT2D eigenvalue weighted by Crippen LogP contribution is 2.32. The Morgan fingerprint density at radius 3 is 2.40 bits per heavy atom. The van der Waals surface area contributed by atoms with Crippen LogP contribution in [0.3, 0.4) is 0 Å². The average Bonchev–Trinajstić information content (AvgIpc) is 2.43. The van der Waals surface area contributed by atoms with Crippen LogP contribution in [0.5, 0.6) is 0 Å². The van der Waals surface area contributed by atoms with Crippen LogP contribution in [-0.2, 0) is 6.54 Å². The molecule has 5 heteroatoms. The zero-order valence-electron chi connectivity index (χ0n) is 10.8. The van der Waals surface area contributed by atoms with Gasteiger partial charge < -0.3 is 10.4 Å². The van der Waals surface area contributed by atoms with E-state index in [-0.39, 0.29) is 0 Å². The van der Waals surface area contributed by atoms with Crippen LogP contribution in [0.4, 0.5) is 5.69 Å². The van der Waals surface area contributed by atoms with E-state index in [9.17, 15) is 5.11 Å². The molecule has 0 aliphatic heterocycles. The Morgan fingerprint density at radius 2 is 1.70 bits per heavy atom. The molecule has 0 bridgehead atoms. The minimum atomic E-state index is -0.552. The van der Waals surface area contributed by atoms with Gasteiger partial charge in [0.1, 0.15) is 0 Å². The SMILES string of the molecule is CC(O)c1ccccc1NCc1c(Cl)ccc(Cl)c1Cl. The number of rotatable bonds is 4. The third-order valence-electron chi connectivity index (χ3n) is 3.01. The van der Waals surface area contributed by atoms with Gasteiger partial charge in [-0.1, -0.05) is 53.0 Å². The van der Waals surface area contributed by atoms with Gasteiger partial charge in [0, 0.05) is 28.4 Å².